The fourth-order valence-corrected chi connectivity index (χ4v) is 4.12. The van der Waals surface area contributed by atoms with Gasteiger partial charge in [-0.3, -0.25) is 9.59 Å². The molecule has 4 amide bonds. The molecule has 2 saturated heterocycles. The SMILES string of the molecule is O=C(NCCC(=O)N1CCC(C(=O)N2CCCCC2)CC1)Nc1ccccc1OC(F)F. The van der Waals surface area contributed by atoms with E-state index in [-0.39, 0.29) is 42.1 Å². The summed E-state index contributed by atoms with van der Waals surface area (Å²) in [5, 5.41) is 4.99. The second-order valence-corrected chi connectivity index (χ2v) is 8.05. The number of halogens is 2. The third-order valence-corrected chi connectivity index (χ3v) is 5.84. The molecule has 1 aromatic carbocycles. The molecule has 0 saturated carbocycles. The van der Waals surface area contributed by atoms with Crippen molar-refractivity contribution in [3.63, 3.8) is 0 Å². The number of piperidine rings is 2. The standard InChI is InChI=1S/C22H30F2N4O4/c23-21(24)32-18-7-3-2-6-17(18)26-22(31)25-11-8-19(29)27-14-9-16(10-15-27)20(30)28-12-4-1-5-13-28/h2-3,6-7,16,21H,1,4-5,8-15H2,(H2,25,26,31). The van der Waals surface area contributed by atoms with Crippen LogP contribution < -0.4 is 15.4 Å². The van der Waals surface area contributed by atoms with E-state index in [4.69, 9.17) is 0 Å². The maximum atomic E-state index is 12.6. The second kappa shape index (κ2) is 11.6. The molecule has 2 aliphatic rings. The summed E-state index contributed by atoms with van der Waals surface area (Å²) in [5.74, 6) is -0.0332. The van der Waals surface area contributed by atoms with Crippen LogP contribution in [0.3, 0.4) is 0 Å². The van der Waals surface area contributed by atoms with Crippen molar-refractivity contribution in [2.24, 2.45) is 5.92 Å². The summed E-state index contributed by atoms with van der Waals surface area (Å²) in [6, 6.07) is 5.25. The summed E-state index contributed by atoms with van der Waals surface area (Å²) in [5.41, 5.74) is 0.108. The zero-order valence-electron chi connectivity index (χ0n) is 18.0. The number of nitrogens with zero attached hydrogens (tertiary/aromatic N) is 2. The van der Waals surface area contributed by atoms with E-state index in [1.165, 1.54) is 24.6 Å². The first-order chi connectivity index (χ1) is 15.4. The van der Waals surface area contributed by atoms with Crippen molar-refractivity contribution in [2.45, 2.75) is 45.1 Å². The van der Waals surface area contributed by atoms with E-state index in [1.807, 2.05) is 4.90 Å². The van der Waals surface area contributed by atoms with Crippen molar-refractivity contribution in [3.8, 4) is 5.75 Å². The van der Waals surface area contributed by atoms with Crippen LogP contribution in [0.4, 0.5) is 19.3 Å². The Kier molecular flexibility index (Phi) is 8.64. The highest BCUT2D eigenvalue weighted by Crippen LogP contribution is 2.25. The molecule has 2 heterocycles. The van der Waals surface area contributed by atoms with E-state index in [1.54, 1.807) is 11.0 Å². The second-order valence-electron chi connectivity index (χ2n) is 8.05. The van der Waals surface area contributed by atoms with Gasteiger partial charge in [0.1, 0.15) is 5.75 Å². The number of benzene rings is 1. The first kappa shape index (κ1) is 23.7. The molecule has 2 fully saturated rings. The minimum Gasteiger partial charge on any atom is -0.433 e. The highest BCUT2D eigenvalue weighted by Gasteiger charge is 2.30. The molecular formula is C22H30F2N4O4. The van der Waals surface area contributed by atoms with Crippen LogP contribution in [0.1, 0.15) is 38.5 Å². The van der Waals surface area contributed by atoms with Crippen LogP contribution in [0, 0.1) is 5.92 Å². The molecule has 1 aromatic rings. The molecular weight excluding hydrogens is 422 g/mol. The van der Waals surface area contributed by atoms with Gasteiger partial charge in [0, 0.05) is 45.1 Å². The Morgan fingerprint density at radius 2 is 1.69 bits per heavy atom. The zero-order chi connectivity index (χ0) is 22.9. The van der Waals surface area contributed by atoms with Gasteiger partial charge in [-0.05, 0) is 44.2 Å². The molecule has 176 valence electrons. The predicted octanol–water partition coefficient (Wildman–Crippen LogP) is 3.05. The smallest absolute Gasteiger partial charge is 0.387 e. The average Bonchev–Trinajstić information content (AvgIpc) is 2.80. The minimum absolute atomic E-state index is 0.0171. The van der Waals surface area contributed by atoms with Crippen LogP contribution >= 0.6 is 0 Å². The van der Waals surface area contributed by atoms with Crippen molar-refractivity contribution >= 4 is 23.5 Å². The number of rotatable bonds is 7. The molecule has 32 heavy (non-hydrogen) atoms. The van der Waals surface area contributed by atoms with Crippen molar-refractivity contribution < 1.29 is 27.9 Å². The predicted molar refractivity (Wildman–Crippen MR) is 114 cm³/mol. The van der Waals surface area contributed by atoms with Gasteiger partial charge in [-0.2, -0.15) is 8.78 Å². The maximum absolute atomic E-state index is 12.6. The van der Waals surface area contributed by atoms with E-state index < -0.39 is 12.6 Å². The highest BCUT2D eigenvalue weighted by molar-refractivity contribution is 5.91. The molecule has 0 aliphatic carbocycles. The fraction of sp³-hybridized carbons (Fsp3) is 0.591. The molecule has 8 nitrogen and oxygen atoms in total. The van der Waals surface area contributed by atoms with Gasteiger partial charge >= 0.3 is 12.6 Å². The van der Waals surface area contributed by atoms with E-state index in [0.717, 1.165) is 25.9 Å². The van der Waals surface area contributed by atoms with Crippen LogP contribution in [0.15, 0.2) is 24.3 Å². The Labute approximate surface area is 186 Å². The summed E-state index contributed by atoms with van der Waals surface area (Å²) in [6.07, 6.45) is 4.75. The summed E-state index contributed by atoms with van der Waals surface area (Å²) in [4.78, 5) is 40.8. The number of ether oxygens (including phenoxy) is 1. The number of urea groups is 1. The van der Waals surface area contributed by atoms with Crippen LogP contribution in [-0.2, 0) is 9.59 Å². The van der Waals surface area contributed by atoms with Crippen LogP contribution in [-0.4, -0.2) is 67.0 Å². The molecule has 0 unspecified atom stereocenters. The first-order valence-corrected chi connectivity index (χ1v) is 11.1. The van der Waals surface area contributed by atoms with Crippen LogP contribution in [0.2, 0.25) is 0 Å². The lowest BCUT2D eigenvalue weighted by Crippen LogP contribution is -2.46. The Balaban J connectivity index is 1.36. The molecule has 0 bridgehead atoms. The molecule has 0 radical (unpaired) electrons. The lowest BCUT2D eigenvalue weighted by molar-refractivity contribution is -0.141. The summed E-state index contributed by atoms with van der Waals surface area (Å²) in [6.45, 7) is -0.149. The van der Waals surface area contributed by atoms with Crippen molar-refractivity contribution in [3.05, 3.63) is 24.3 Å². The van der Waals surface area contributed by atoms with E-state index in [9.17, 15) is 23.2 Å². The van der Waals surface area contributed by atoms with Gasteiger partial charge in [-0.1, -0.05) is 12.1 Å². The Bertz CT molecular complexity index is 794. The van der Waals surface area contributed by atoms with Gasteiger partial charge in [0.25, 0.3) is 0 Å². The monoisotopic (exact) mass is 452 g/mol. The van der Waals surface area contributed by atoms with Crippen molar-refractivity contribution in [1.29, 1.82) is 0 Å². The quantitative estimate of drug-likeness (QED) is 0.665. The molecule has 0 atom stereocenters. The zero-order valence-corrected chi connectivity index (χ0v) is 18.0. The number of para-hydroxylation sites is 2. The Morgan fingerprint density at radius 1 is 1.00 bits per heavy atom. The molecule has 3 rings (SSSR count). The average molecular weight is 453 g/mol. The molecule has 0 spiro atoms. The molecule has 2 N–H and O–H groups in total. The van der Waals surface area contributed by atoms with E-state index in [2.05, 4.69) is 15.4 Å². The third kappa shape index (κ3) is 6.80. The Morgan fingerprint density at radius 3 is 2.38 bits per heavy atom. The van der Waals surface area contributed by atoms with Gasteiger partial charge in [-0.15, -0.1) is 0 Å². The summed E-state index contributed by atoms with van der Waals surface area (Å²) >= 11 is 0. The number of hydrogen-bond donors (Lipinski definition) is 2. The number of hydrogen-bond acceptors (Lipinski definition) is 4. The largest absolute Gasteiger partial charge is 0.433 e. The number of nitrogens with one attached hydrogen (secondary N) is 2. The van der Waals surface area contributed by atoms with Crippen molar-refractivity contribution in [1.82, 2.24) is 15.1 Å². The topological polar surface area (TPSA) is 91.0 Å². The summed E-state index contributed by atoms with van der Waals surface area (Å²) in [7, 11) is 0. The lowest BCUT2D eigenvalue weighted by atomic mass is 9.94. The summed E-state index contributed by atoms with van der Waals surface area (Å²) < 4.78 is 29.3. The minimum atomic E-state index is -3.00. The van der Waals surface area contributed by atoms with Gasteiger partial charge in [0.15, 0.2) is 0 Å². The van der Waals surface area contributed by atoms with Crippen molar-refractivity contribution in [2.75, 3.05) is 38.0 Å². The fourth-order valence-electron chi connectivity index (χ4n) is 4.12. The van der Waals surface area contributed by atoms with Gasteiger partial charge in [0.05, 0.1) is 5.69 Å². The van der Waals surface area contributed by atoms with Gasteiger partial charge in [0.2, 0.25) is 11.8 Å². The Hall–Kier alpha value is -2.91. The van der Waals surface area contributed by atoms with Crippen LogP contribution in [0.5, 0.6) is 5.75 Å². The number of carbonyl (C=O) groups is 3. The van der Waals surface area contributed by atoms with Gasteiger partial charge in [-0.25, -0.2) is 4.79 Å². The normalized spacial score (nSPS) is 17.2. The van der Waals surface area contributed by atoms with Gasteiger partial charge < -0.3 is 25.2 Å². The van der Waals surface area contributed by atoms with E-state index >= 15 is 0 Å². The molecule has 2 aliphatic heterocycles. The lowest BCUT2D eigenvalue weighted by Gasteiger charge is -2.35. The molecule has 10 heteroatoms. The number of likely N-dealkylation sites (tertiary alicyclic amines) is 2. The number of amides is 4. The highest BCUT2D eigenvalue weighted by atomic mass is 19.3. The maximum Gasteiger partial charge on any atom is 0.387 e. The van der Waals surface area contributed by atoms with E-state index in [0.29, 0.717) is 25.9 Å². The number of carbonyl (C=O) groups excluding carboxylic acids is 3. The van der Waals surface area contributed by atoms with Crippen LogP contribution in [0.25, 0.3) is 0 Å². The first-order valence-electron chi connectivity index (χ1n) is 11.1. The number of anilines is 1. The molecule has 0 aromatic heterocycles. The number of alkyl halides is 2. The third-order valence-electron chi connectivity index (χ3n) is 5.84.